The van der Waals surface area contributed by atoms with Gasteiger partial charge in [0.25, 0.3) is 5.91 Å². The van der Waals surface area contributed by atoms with E-state index in [4.69, 9.17) is 14.0 Å². The first-order valence-corrected chi connectivity index (χ1v) is 9.77. The van der Waals surface area contributed by atoms with Crippen LogP contribution in [0.3, 0.4) is 0 Å². The molecule has 0 bridgehead atoms. The van der Waals surface area contributed by atoms with Crippen LogP contribution in [0.5, 0.6) is 5.75 Å². The molecule has 8 heteroatoms. The Morgan fingerprint density at radius 2 is 2.07 bits per heavy atom. The molecule has 2 heterocycles. The molecule has 7 nitrogen and oxygen atoms in total. The largest absolute Gasteiger partial charge is 0.484 e. The Hall–Kier alpha value is -2.48. The summed E-state index contributed by atoms with van der Waals surface area (Å²) < 4.78 is 29.5. The highest BCUT2D eigenvalue weighted by Crippen LogP contribution is 2.38. The van der Waals surface area contributed by atoms with Crippen LogP contribution in [0.4, 0.5) is 4.39 Å². The summed E-state index contributed by atoms with van der Waals surface area (Å²) in [7, 11) is 0. The maximum atomic E-state index is 12.9. The third-order valence-electron chi connectivity index (χ3n) is 5.00. The van der Waals surface area contributed by atoms with Crippen LogP contribution in [0.2, 0.25) is 0 Å². The lowest BCUT2D eigenvalue weighted by atomic mass is 10.1. The van der Waals surface area contributed by atoms with Crippen LogP contribution in [0.25, 0.3) is 0 Å². The third kappa shape index (κ3) is 5.07. The monoisotopic (exact) mass is 389 g/mol. The molecule has 4 rings (SSSR count). The van der Waals surface area contributed by atoms with E-state index in [-0.39, 0.29) is 24.4 Å². The van der Waals surface area contributed by atoms with Crippen molar-refractivity contribution in [1.29, 1.82) is 0 Å². The molecule has 1 aliphatic heterocycles. The molecule has 1 unspecified atom stereocenters. The van der Waals surface area contributed by atoms with E-state index in [0.717, 1.165) is 31.6 Å². The second-order valence-corrected chi connectivity index (χ2v) is 7.29. The van der Waals surface area contributed by atoms with Gasteiger partial charge in [-0.3, -0.25) is 4.79 Å². The molecule has 0 N–H and O–H groups in total. The van der Waals surface area contributed by atoms with Gasteiger partial charge in [-0.2, -0.15) is 4.98 Å². The number of ether oxygens (including phenoxy) is 2. The lowest BCUT2D eigenvalue weighted by molar-refractivity contribution is -0.137. The molecule has 0 radical (unpaired) electrons. The average Bonchev–Trinajstić information content (AvgIpc) is 3.46. The van der Waals surface area contributed by atoms with Gasteiger partial charge in [-0.05, 0) is 49.9 Å². The second kappa shape index (κ2) is 8.68. The first-order chi connectivity index (χ1) is 13.7. The zero-order valence-electron chi connectivity index (χ0n) is 15.7. The van der Waals surface area contributed by atoms with E-state index in [1.54, 1.807) is 4.90 Å². The highest BCUT2D eigenvalue weighted by atomic mass is 19.1. The fourth-order valence-corrected chi connectivity index (χ4v) is 3.25. The molecule has 2 aliphatic rings. The molecule has 150 valence electrons. The molecule has 28 heavy (non-hydrogen) atoms. The van der Waals surface area contributed by atoms with Crippen LogP contribution in [-0.2, 0) is 16.0 Å². The van der Waals surface area contributed by atoms with Crippen molar-refractivity contribution in [2.24, 2.45) is 0 Å². The number of carbonyl (C=O) groups excluding carboxylic acids is 1. The fourth-order valence-electron chi connectivity index (χ4n) is 3.25. The van der Waals surface area contributed by atoms with Gasteiger partial charge in [-0.1, -0.05) is 5.16 Å². The third-order valence-corrected chi connectivity index (χ3v) is 5.00. The van der Waals surface area contributed by atoms with Crippen LogP contribution in [0.15, 0.2) is 28.8 Å². The maximum Gasteiger partial charge on any atom is 0.260 e. The van der Waals surface area contributed by atoms with Crippen LogP contribution < -0.4 is 4.74 Å². The number of amides is 1. The van der Waals surface area contributed by atoms with Crippen molar-refractivity contribution in [3.8, 4) is 5.75 Å². The highest BCUT2D eigenvalue weighted by molar-refractivity contribution is 5.77. The van der Waals surface area contributed by atoms with E-state index >= 15 is 0 Å². The molecule has 2 fully saturated rings. The summed E-state index contributed by atoms with van der Waals surface area (Å²) in [5.41, 5.74) is 0. The minimum Gasteiger partial charge on any atom is -0.484 e. The van der Waals surface area contributed by atoms with Crippen LogP contribution in [0.1, 0.15) is 43.3 Å². The molecular weight excluding hydrogens is 365 g/mol. The lowest BCUT2D eigenvalue weighted by Gasteiger charge is -2.32. The SMILES string of the molecule is O=C(COc1ccc(F)cc1)N1CCCC(OCCc2noc(C3CC3)n2)C1. The van der Waals surface area contributed by atoms with Crippen molar-refractivity contribution in [3.05, 3.63) is 41.8 Å². The predicted octanol–water partition coefficient (Wildman–Crippen LogP) is 2.72. The molecular formula is C20H24FN3O4. The van der Waals surface area contributed by atoms with E-state index < -0.39 is 0 Å². The predicted molar refractivity (Wildman–Crippen MR) is 97.4 cm³/mol. The molecule has 2 aromatic rings. The van der Waals surface area contributed by atoms with Gasteiger partial charge in [0.2, 0.25) is 5.89 Å². The molecule has 1 aliphatic carbocycles. The zero-order valence-corrected chi connectivity index (χ0v) is 15.7. The molecule has 1 atom stereocenters. The number of rotatable bonds is 8. The Bertz CT molecular complexity index is 791. The number of hydrogen-bond acceptors (Lipinski definition) is 6. The summed E-state index contributed by atoms with van der Waals surface area (Å²) in [6.07, 6.45) is 4.68. The summed E-state index contributed by atoms with van der Waals surface area (Å²) in [4.78, 5) is 18.5. The maximum absolute atomic E-state index is 12.9. The van der Waals surface area contributed by atoms with Crippen LogP contribution in [0, 0.1) is 5.82 Å². The second-order valence-electron chi connectivity index (χ2n) is 7.29. The van der Waals surface area contributed by atoms with Gasteiger partial charge in [-0.25, -0.2) is 4.39 Å². The summed E-state index contributed by atoms with van der Waals surface area (Å²) in [5.74, 6) is 1.93. The van der Waals surface area contributed by atoms with Crippen molar-refractivity contribution >= 4 is 5.91 Å². The summed E-state index contributed by atoms with van der Waals surface area (Å²) in [6.45, 7) is 1.68. The van der Waals surface area contributed by atoms with E-state index in [0.29, 0.717) is 43.6 Å². The smallest absolute Gasteiger partial charge is 0.260 e. The number of halogens is 1. The summed E-state index contributed by atoms with van der Waals surface area (Å²) in [6, 6.07) is 5.64. The first kappa shape index (κ1) is 18.9. The summed E-state index contributed by atoms with van der Waals surface area (Å²) in [5, 5.41) is 3.99. The first-order valence-electron chi connectivity index (χ1n) is 9.77. The van der Waals surface area contributed by atoms with Crippen molar-refractivity contribution in [2.45, 2.75) is 44.1 Å². The number of hydrogen-bond donors (Lipinski definition) is 0. The molecule has 1 aromatic heterocycles. The van der Waals surface area contributed by atoms with Gasteiger partial charge >= 0.3 is 0 Å². The Balaban J connectivity index is 1.18. The van der Waals surface area contributed by atoms with Gasteiger partial charge in [-0.15, -0.1) is 0 Å². The molecule has 1 saturated heterocycles. The molecule has 1 aromatic carbocycles. The number of aromatic nitrogens is 2. The number of benzene rings is 1. The Morgan fingerprint density at radius 3 is 2.86 bits per heavy atom. The Labute approximate surface area is 162 Å². The number of carbonyl (C=O) groups is 1. The van der Waals surface area contributed by atoms with E-state index in [1.807, 2.05) is 0 Å². The lowest BCUT2D eigenvalue weighted by Crippen LogP contribution is -2.45. The molecule has 1 saturated carbocycles. The number of likely N-dealkylation sites (tertiary alicyclic amines) is 1. The van der Waals surface area contributed by atoms with Crippen molar-refractivity contribution in [2.75, 3.05) is 26.3 Å². The highest BCUT2D eigenvalue weighted by Gasteiger charge is 2.29. The Kier molecular flexibility index (Phi) is 5.85. The zero-order chi connectivity index (χ0) is 19.3. The van der Waals surface area contributed by atoms with Crippen molar-refractivity contribution < 1.29 is 23.2 Å². The minimum atomic E-state index is -0.334. The fraction of sp³-hybridized carbons (Fsp3) is 0.550. The normalized spacial score (nSPS) is 19.6. The molecule has 1 amide bonds. The van der Waals surface area contributed by atoms with E-state index in [1.165, 1.54) is 24.3 Å². The van der Waals surface area contributed by atoms with Crippen molar-refractivity contribution in [3.63, 3.8) is 0 Å². The number of nitrogens with zero attached hydrogens (tertiary/aromatic N) is 3. The molecule has 0 spiro atoms. The minimum absolute atomic E-state index is 0.00155. The standard InChI is InChI=1S/C20H24FN3O4/c21-15-5-7-16(8-6-15)27-13-19(25)24-10-1-2-17(12-24)26-11-9-18-22-20(28-23-18)14-3-4-14/h5-8,14,17H,1-4,9-13H2. The van der Waals surface area contributed by atoms with Crippen LogP contribution >= 0.6 is 0 Å². The average molecular weight is 389 g/mol. The summed E-state index contributed by atoms with van der Waals surface area (Å²) >= 11 is 0. The van der Waals surface area contributed by atoms with E-state index in [2.05, 4.69) is 10.1 Å². The quantitative estimate of drug-likeness (QED) is 0.691. The van der Waals surface area contributed by atoms with E-state index in [9.17, 15) is 9.18 Å². The van der Waals surface area contributed by atoms with Crippen molar-refractivity contribution in [1.82, 2.24) is 15.0 Å². The van der Waals surface area contributed by atoms with Gasteiger partial charge < -0.3 is 18.9 Å². The Morgan fingerprint density at radius 1 is 1.25 bits per heavy atom. The van der Waals surface area contributed by atoms with Gasteiger partial charge in [0.1, 0.15) is 11.6 Å². The topological polar surface area (TPSA) is 77.7 Å². The van der Waals surface area contributed by atoms with Gasteiger partial charge in [0, 0.05) is 25.4 Å². The van der Waals surface area contributed by atoms with Gasteiger partial charge in [0.05, 0.1) is 12.7 Å². The van der Waals surface area contributed by atoms with Crippen LogP contribution in [-0.4, -0.2) is 53.4 Å². The van der Waals surface area contributed by atoms with Gasteiger partial charge in [0.15, 0.2) is 12.4 Å². The number of piperidine rings is 1.